The second-order valence-corrected chi connectivity index (χ2v) is 7.57. The number of nitrogens with zero attached hydrogens (tertiary/aromatic N) is 5. The molecule has 0 unspecified atom stereocenters. The number of carbonyl (C=O) groups excluding carboxylic acids is 1. The molecule has 1 amide bonds. The number of piperidine rings is 1. The van der Waals surface area contributed by atoms with Gasteiger partial charge >= 0.3 is 0 Å². The van der Waals surface area contributed by atoms with Crippen LogP contribution in [-0.4, -0.2) is 51.7 Å². The van der Waals surface area contributed by atoms with Gasteiger partial charge in [0, 0.05) is 11.7 Å². The topological polar surface area (TPSA) is 133 Å². The van der Waals surface area contributed by atoms with Crippen molar-refractivity contribution in [2.24, 2.45) is 5.73 Å². The molecule has 150 valence electrons. The Kier molecular flexibility index (Phi) is 5.53. The van der Waals surface area contributed by atoms with Gasteiger partial charge in [-0.3, -0.25) is 9.69 Å². The first-order chi connectivity index (χ1) is 14.1. The number of benzene rings is 1. The van der Waals surface area contributed by atoms with Crippen LogP contribution < -0.4 is 16.4 Å². The number of hydrogen-bond acceptors (Lipinski definition) is 8. The van der Waals surface area contributed by atoms with Crippen molar-refractivity contribution in [3.8, 4) is 6.07 Å². The lowest BCUT2D eigenvalue weighted by molar-refractivity contribution is 0.0995. The summed E-state index contributed by atoms with van der Waals surface area (Å²) < 4.78 is 0. The van der Waals surface area contributed by atoms with E-state index in [1.807, 2.05) is 12.1 Å². The van der Waals surface area contributed by atoms with Crippen LogP contribution in [0.5, 0.6) is 0 Å². The molecule has 9 heteroatoms. The standard InChI is InChI=1S/C20H24N8O/c21-9-12-28-10-7-14(8-11-28)13-1-3-16(4-2-13)24-20-25-19(23-15-5-6-15)17(18(22)29)26-27-20/h1-4,14-15H,5-8,10-12H2,(H2,22,29)(H2,23,24,25,27). The Bertz CT molecular complexity index is 911. The van der Waals surface area contributed by atoms with Crippen LogP contribution in [0.4, 0.5) is 17.5 Å². The molecule has 1 saturated carbocycles. The number of likely N-dealkylation sites (tertiary alicyclic amines) is 1. The fourth-order valence-electron chi connectivity index (χ4n) is 3.56. The summed E-state index contributed by atoms with van der Waals surface area (Å²) >= 11 is 0. The second kappa shape index (κ2) is 8.41. The Hall–Kier alpha value is -3.25. The highest BCUT2D eigenvalue weighted by Crippen LogP contribution is 2.29. The second-order valence-electron chi connectivity index (χ2n) is 7.57. The molecule has 4 rings (SSSR count). The van der Waals surface area contributed by atoms with E-state index in [0.717, 1.165) is 44.5 Å². The van der Waals surface area contributed by atoms with Gasteiger partial charge in [-0.05, 0) is 62.4 Å². The number of primary amides is 1. The molecule has 1 aromatic heterocycles. The van der Waals surface area contributed by atoms with Crippen molar-refractivity contribution in [1.82, 2.24) is 20.1 Å². The van der Waals surface area contributed by atoms with Crippen LogP contribution in [0.2, 0.25) is 0 Å². The number of nitrogens with one attached hydrogen (secondary N) is 2. The number of hydrogen-bond donors (Lipinski definition) is 3. The molecule has 2 heterocycles. The van der Waals surface area contributed by atoms with Crippen molar-refractivity contribution in [2.45, 2.75) is 37.6 Å². The fourth-order valence-corrected chi connectivity index (χ4v) is 3.56. The highest BCUT2D eigenvalue weighted by molar-refractivity contribution is 5.95. The fraction of sp³-hybridized carbons (Fsp3) is 0.450. The number of carbonyl (C=O) groups is 1. The summed E-state index contributed by atoms with van der Waals surface area (Å²) in [7, 11) is 0. The average molecular weight is 392 g/mol. The molecular formula is C20H24N8O. The van der Waals surface area contributed by atoms with Crippen LogP contribution >= 0.6 is 0 Å². The Morgan fingerprint density at radius 1 is 1.17 bits per heavy atom. The molecule has 1 aliphatic carbocycles. The van der Waals surface area contributed by atoms with E-state index in [1.54, 1.807) is 0 Å². The highest BCUT2D eigenvalue weighted by atomic mass is 16.1. The zero-order valence-corrected chi connectivity index (χ0v) is 16.1. The van der Waals surface area contributed by atoms with Crippen LogP contribution in [0.3, 0.4) is 0 Å². The molecule has 4 N–H and O–H groups in total. The SMILES string of the molecule is N#CCN1CCC(c2ccc(Nc3nnc(C(N)=O)c(NC4CC4)n3)cc2)CC1. The quantitative estimate of drug-likeness (QED) is 0.609. The largest absolute Gasteiger partial charge is 0.365 e. The van der Waals surface area contributed by atoms with E-state index >= 15 is 0 Å². The normalized spacial score (nSPS) is 17.5. The maximum atomic E-state index is 11.5. The van der Waals surface area contributed by atoms with Crippen molar-refractivity contribution in [3.05, 3.63) is 35.5 Å². The summed E-state index contributed by atoms with van der Waals surface area (Å²) in [6, 6.07) is 10.8. The van der Waals surface area contributed by atoms with Crippen molar-refractivity contribution in [2.75, 3.05) is 30.3 Å². The highest BCUT2D eigenvalue weighted by Gasteiger charge is 2.25. The molecule has 2 aliphatic rings. The molecule has 0 bridgehead atoms. The first-order valence-electron chi connectivity index (χ1n) is 9.89. The van der Waals surface area contributed by atoms with Gasteiger partial charge in [0.1, 0.15) is 0 Å². The van der Waals surface area contributed by atoms with E-state index < -0.39 is 5.91 Å². The Labute approximate surface area is 169 Å². The summed E-state index contributed by atoms with van der Waals surface area (Å²) in [5, 5.41) is 23.0. The molecule has 1 aliphatic heterocycles. The van der Waals surface area contributed by atoms with E-state index in [1.165, 1.54) is 5.56 Å². The van der Waals surface area contributed by atoms with E-state index in [2.05, 4.69) is 48.9 Å². The monoisotopic (exact) mass is 392 g/mol. The summed E-state index contributed by atoms with van der Waals surface area (Å²) in [6.07, 6.45) is 4.21. The first kappa shape index (κ1) is 19.1. The molecule has 1 aromatic carbocycles. The third-order valence-electron chi connectivity index (χ3n) is 5.36. The summed E-state index contributed by atoms with van der Waals surface area (Å²) in [4.78, 5) is 18.1. The van der Waals surface area contributed by atoms with E-state index in [4.69, 9.17) is 11.0 Å². The van der Waals surface area contributed by atoms with Gasteiger partial charge in [0.25, 0.3) is 5.91 Å². The predicted octanol–water partition coefficient (Wildman–Crippen LogP) is 1.99. The van der Waals surface area contributed by atoms with Gasteiger partial charge < -0.3 is 16.4 Å². The summed E-state index contributed by atoms with van der Waals surface area (Å²) in [5.41, 5.74) is 7.57. The molecule has 0 atom stereocenters. The number of aromatic nitrogens is 3. The van der Waals surface area contributed by atoms with E-state index in [0.29, 0.717) is 30.3 Å². The molecule has 29 heavy (non-hydrogen) atoms. The molecule has 2 fully saturated rings. The van der Waals surface area contributed by atoms with Gasteiger partial charge in [-0.2, -0.15) is 10.2 Å². The minimum Gasteiger partial charge on any atom is -0.365 e. The smallest absolute Gasteiger partial charge is 0.273 e. The minimum absolute atomic E-state index is 0.0561. The van der Waals surface area contributed by atoms with Gasteiger partial charge in [-0.1, -0.05) is 12.1 Å². The number of nitrogens with two attached hydrogens (primary N) is 1. The predicted molar refractivity (Wildman–Crippen MR) is 109 cm³/mol. The number of rotatable bonds is 7. The van der Waals surface area contributed by atoms with Gasteiger partial charge in [0.2, 0.25) is 5.95 Å². The van der Waals surface area contributed by atoms with Crippen molar-refractivity contribution in [3.63, 3.8) is 0 Å². The molecule has 1 saturated heterocycles. The Morgan fingerprint density at radius 2 is 1.90 bits per heavy atom. The van der Waals surface area contributed by atoms with Crippen LogP contribution in [-0.2, 0) is 0 Å². The lowest BCUT2D eigenvalue weighted by Gasteiger charge is -2.30. The van der Waals surface area contributed by atoms with Gasteiger partial charge in [0.05, 0.1) is 12.6 Å². The molecule has 0 spiro atoms. The number of nitriles is 1. The van der Waals surface area contributed by atoms with Gasteiger partial charge in [-0.25, -0.2) is 0 Å². The summed E-state index contributed by atoms with van der Waals surface area (Å²) in [6.45, 7) is 2.43. The third kappa shape index (κ3) is 4.78. The minimum atomic E-state index is -0.648. The maximum Gasteiger partial charge on any atom is 0.273 e. The molecule has 2 aromatic rings. The maximum absolute atomic E-state index is 11.5. The van der Waals surface area contributed by atoms with Crippen LogP contribution in [0.1, 0.15) is 47.7 Å². The lowest BCUT2D eigenvalue weighted by Crippen LogP contribution is -2.33. The van der Waals surface area contributed by atoms with E-state index in [-0.39, 0.29) is 5.69 Å². The Morgan fingerprint density at radius 3 is 2.52 bits per heavy atom. The van der Waals surface area contributed by atoms with Crippen LogP contribution in [0.25, 0.3) is 0 Å². The molecule has 0 radical (unpaired) electrons. The van der Waals surface area contributed by atoms with Gasteiger partial charge in [0.15, 0.2) is 11.5 Å². The third-order valence-corrected chi connectivity index (χ3v) is 5.36. The zero-order chi connectivity index (χ0) is 20.2. The van der Waals surface area contributed by atoms with E-state index in [9.17, 15) is 4.79 Å². The van der Waals surface area contributed by atoms with Gasteiger partial charge in [-0.15, -0.1) is 10.2 Å². The number of anilines is 3. The van der Waals surface area contributed by atoms with Crippen LogP contribution in [0.15, 0.2) is 24.3 Å². The first-order valence-corrected chi connectivity index (χ1v) is 9.89. The number of amides is 1. The van der Waals surface area contributed by atoms with Crippen molar-refractivity contribution >= 4 is 23.4 Å². The van der Waals surface area contributed by atoms with Crippen molar-refractivity contribution in [1.29, 1.82) is 5.26 Å². The average Bonchev–Trinajstić information content (AvgIpc) is 3.53. The molecular weight excluding hydrogens is 368 g/mol. The summed E-state index contributed by atoms with van der Waals surface area (Å²) in [5.74, 6) is 0.555. The van der Waals surface area contributed by atoms with Crippen molar-refractivity contribution < 1.29 is 4.79 Å². The molecule has 9 nitrogen and oxygen atoms in total. The lowest BCUT2D eigenvalue weighted by atomic mass is 9.89. The van der Waals surface area contributed by atoms with Crippen LogP contribution in [0, 0.1) is 11.3 Å². The Balaban J connectivity index is 1.41. The zero-order valence-electron chi connectivity index (χ0n) is 16.1.